The molecule has 0 heterocycles. The van der Waals surface area contributed by atoms with Crippen LogP contribution in [0.3, 0.4) is 0 Å². The summed E-state index contributed by atoms with van der Waals surface area (Å²) in [7, 11) is -2.79. The van der Waals surface area contributed by atoms with Gasteiger partial charge in [-0.05, 0) is 74.9 Å². The van der Waals surface area contributed by atoms with Crippen LogP contribution in [0, 0.1) is 12.7 Å². The summed E-state index contributed by atoms with van der Waals surface area (Å²) in [6, 6.07) is 17.2. The number of halogens is 1. The average molecular weight is 542 g/mol. The Balaban J connectivity index is 2.02. The number of anilines is 1. The van der Waals surface area contributed by atoms with E-state index in [4.69, 9.17) is 4.74 Å². The molecule has 3 aromatic rings. The molecular weight excluding hydrogens is 509 g/mol. The quantitative estimate of drug-likeness (QED) is 0.397. The number of benzene rings is 3. The van der Waals surface area contributed by atoms with Crippen LogP contribution in [-0.4, -0.2) is 51.4 Å². The molecule has 10 heteroatoms. The zero-order valence-corrected chi connectivity index (χ0v) is 22.7. The van der Waals surface area contributed by atoms with Crippen LogP contribution in [-0.2, 0) is 26.2 Å². The lowest BCUT2D eigenvalue weighted by Gasteiger charge is -2.32. The Bertz CT molecular complexity index is 1360. The van der Waals surface area contributed by atoms with Gasteiger partial charge in [-0.15, -0.1) is 0 Å². The van der Waals surface area contributed by atoms with Crippen LogP contribution in [0.15, 0.2) is 77.7 Å². The van der Waals surface area contributed by atoms with Crippen LogP contribution in [0.5, 0.6) is 5.75 Å². The van der Waals surface area contributed by atoms with Gasteiger partial charge in [0, 0.05) is 13.1 Å². The summed E-state index contributed by atoms with van der Waals surface area (Å²) in [5.74, 6) is -1.03. The predicted octanol–water partition coefficient (Wildman–Crippen LogP) is 3.89. The van der Waals surface area contributed by atoms with Crippen molar-refractivity contribution in [3.8, 4) is 5.75 Å². The van der Waals surface area contributed by atoms with Gasteiger partial charge >= 0.3 is 0 Å². The van der Waals surface area contributed by atoms with E-state index in [1.165, 1.54) is 48.4 Å². The fourth-order valence-corrected chi connectivity index (χ4v) is 5.34. The predicted molar refractivity (Wildman–Crippen MR) is 144 cm³/mol. The summed E-state index contributed by atoms with van der Waals surface area (Å²) in [6.45, 7) is 5.16. The van der Waals surface area contributed by atoms with Gasteiger partial charge in [-0.2, -0.15) is 0 Å². The van der Waals surface area contributed by atoms with E-state index in [0.717, 1.165) is 27.6 Å². The Kier molecular flexibility index (Phi) is 9.46. The molecule has 3 aromatic carbocycles. The number of methoxy groups -OCH3 is 1. The molecule has 0 radical (unpaired) electrons. The van der Waals surface area contributed by atoms with Crippen LogP contribution < -0.4 is 14.4 Å². The van der Waals surface area contributed by atoms with Gasteiger partial charge in [0.25, 0.3) is 10.0 Å². The molecule has 202 valence electrons. The molecule has 2 amide bonds. The highest BCUT2D eigenvalue weighted by Gasteiger charge is 2.32. The van der Waals surface area contributed by atoms with Gasteiger partial charge < -0.3 is 15.0 Å². The smallest absolute Gasteiger partial charge is 0.264 e. The minimum absolute atomic E-state index is 0.0718. The van der Waals surface area contributed by atoms with Gasteiger partial charge in [0.15, 0.2) is 0 Å². The van der Waals surface area contributed by atoms with E-state index < -0.39 is 34.3 Å². The van der Waals surface area contributed by atoms with Gasteiger partial charge in [0.1, 0.15) is 24.2 Å². The molecule has 0 aliphatic heterocycles. The number of nitrogens with one attached hydrogen (secondary N) is 1. The fourth-order valence-electron chi connectivity index (χ4n) is 3.92. The number of aryl methyl sites for hydroxylation is 1. The molecule has 0 unspecified atom stereocenters. The number of ether oxygens (including phenoxy) is 1. The zero-order chi connectivity index (χ0) is 27.9. The number of amides is 2. The summed E-state index contributed by atoms with van der Waals surface area (Å²) >= 11 is 0. The SMILES string of the molecule is CCNC(=O)[C@H](C)N(Cc1cccc(C)c1)C(=O)CN(c1ccc(F)cc1)S(=O)(=O)c1ccc(OC)cc1. The first kappa shape index (κ1) is 28.6. The highest BCUT2D eigenvalue weighted by Crippen LogP contribution is 2.26. The Hall–Kier alpha value is -3.92. The monoisotopic (exact) mass is 541 g/mol. The van der Waals surface area contributed by atoms with Gasteiger partial charge in [0.05, 0.1) is 17.7 Å². The zero-order valence-electron chi connectivity index (χ0n) is 21.8. The molecule has 1 atom stereocenters. The lowest BCUT2D eigenvalue weighted by molar-refractivity contribution is -0.139. The van der Waals surface area contributed by atoms with Crippen molar-refractivity contribution < 1.29 is 27.1 Å². The minimum atomic E-state index is -4.25. The van der Waals surface area contributed by atoms with Gasteiger partial charge in [0.2, 0.25) is 11.8 Å². The number of hydrogen-bond acceptors (Lipinski definition) is 5. The summed E-state index contributed by atoms with van der Waals surface area (Å²) in [5, 5.41) is 2.72. The molecule has 0 saturated heterocycles. The number of hydrogen-bond donors (Lipinski definition) is 1. The van der Waals surface area contributed by atoms with E-state index in [1.807, 2.05) is 31.2 Å². The number of carbonyl (C=O) groups excluding carboxylic acids is 2. The molecule has 0 aliphatic rings. The van der Waals surface area contributed by atoms with Crippen LogP contribution in [0.25, 0.3) is 0 Å². The summed E-state index contributed by atoms with van der Waals surface area (Å²) in [6.07, 6.45) is 0. The number of likely N-dealkylation sites (N-methyl/N-ethyl adjacent to an activating group) is 1. The number of rotatable bonds is 11. The Morgan fingerprint density at radius 2 is 1.68 bits per heavy atom. The highest BCUT2D eigenvalue weighted by molar-refractivity contribution is 7.92. The first-order valence-corrected chi connectivity index (χ1v) is 13.6. The molecule has 0 saturated carbocycles. The second-order valence-electron chi connectivity index (χ2n) is 8.74. The van der Waals surface area contributed by atoms with Crippen molar-refractivity contribution in [1.82, 2.24) is 10.2 Å². The molecule has 0 aliphatic carbocycles. The van der Waals surface area contributed by atoms with E-state index in [2.05, 4.69) is 5.32 Å². The van der Waals surface area contributed by atoms with Crippen molar-refractivity contribution in [3.63, 3.8) is 0 Å². The van der Waals surface area contributed by atoms with Crippen molar-refractivity contribution in [2.24, 2.45) is 0 Å². The van der Waals surface area contributed by atoms with E-state index in [9.17, 15) is 22.4 Å². The second kappa shape index (κ2) is 12.6. The van der Waals surface area contributed by atoms with Crippen LogP contribution >= 0.6 is 0 Å². The normalized spacial score (nSPS) is 11.9. The maximum atomic E-state index is 13.8. The molecular formula is C28H32FN3O5S. The van der Waals surface area contributed by atoms with Crippen molar-refractivity contribution in [1.29, 1.82) is 0 Å². The van der Waals surface area contributed by atoms with E-state index in [-0.39, 0.29) is 23.0 Å². The number of nitrogens with zero attached hydrogens (tertiary/aromatic N) is 2. The first-order valence-electron chi connectivity index (χ1n) is 12.1. The Labute approximate surface area is 223 Å². The van der Waals surface area contributed by atoms with Crippen molar-refractivity contribution in [2.45, 2.75) is 38.3 Å². The van der Waals surface area contributed by atoms with E-state index in [1.54, 1.807) is 13.8 Å². The lowest BCUT2D eigenvalue weighted by atomic mass is 10.1. The topological polar surface area (TPSA) is 96.0 Å². The maximum Gasteiger partial charge on any atom is 0.264 e. The fraction of sp³-hybridized carbons (Fsp3) is 0.286. The second-order valence-corrected chi connectivity index (χ2v) is 10.6. The molecule has 8 nitrogen and oxygen atoms in total. The third-order valence-electron chi connectivity index (χ3n) is 5.99. The van der Waals surface area contributed by atoms with Crippen LogP contribution in [0.1, 0.15) is 25.0 Å². The first-order chi connectivity index (χ1) is 18.1. The number of sulfonamides is 1. The van der Waals surface area contributed by atoms with Gasteiger partial charge in [-0.3, -0.25) is 13.9 Å². The molecule has 0 spiro atoms. The summed E-state index contributed by atoms with van der Waals surface area (Å²) in [4.78, 5) is 27.8. The Morgan fingerprint density at radius 3 is 2.26 bits per heavy atom. The van der Waals surface area contributed by atoms with Gasteiger partial charge in [-0.1, -0.05) is 29.8 Å². The molecule has 0 fully saturated rings. The molecule has 3 rings (SSSR count). The summed E-state index contributed by atoms with van der Waals surface area (Å²) in [5.41, 5.74) is 1.88. The lowest BCUT2D eigenvalue weighted by Crippen LogP contribution is -2.51. The molecule has 0 aromatic heterocycles. The van der Waals surface area contributed by atoms with Crippen molar-refractivity contribution in [2.75, 3.05) is 24.5 Å². The van der Waals surface area contributed by atoms with Crippen LogP contribution in [0.2, 0.25) is 0 Å². The maximum absolute atomic E-state index is 13.8. The third-order valence-corrected chi connectivity index (χ3v) is 7.78. The minimum Gasteiger partial charge on any atom is -0.497 e. The number of carbonyl (C=O) groups is 2. The molecule has 1 N–H and O–H groups in total. The standard InChI is InChI=1S/C28H32FN3O5S/c1-5-30-28(34)21(3)31(18-22-8-6-7-20(2)17-22)27(33)19-32(24-11-9-23(29)10-12-24)38(35,36)26-15-13-25(37-4)14-16-26/h6-17,21H,5,18-19H2,1-4H3,(H,30,34)/t21-/m0/s1. The average Bonchev–Trinajstić information content (AvgIpc) is 2.90. The highest BCUT2D eigenvalue weighted by atomic mass is 32.2. The molecule has 38 heavy (non-hydrogen) atoms. The van der Waals surface area contributed by atoms with Crippen molar-refractivity contribution >= 4 is 27.5 Å². The molecule has 0 bridgehead atoms. The third kappa shape index (κ3) is 6.89. The largest absolute Gasteiger partial charge is 0.497 e. The van der Waals surface area contributed by atoms with Gasteiger partial charge in [-0.25, -0.2) is 12.8 Å². The van der Waals surface area contributed by atoms with Crippen LogP contribution in [0.4, 0.5) is 10.1 Å². The van der Waals surface area contributed by atoms with Crippen molar-refractivity contribution in [3.05, 3.63) is 89.7 Å². The van der Waals surface area contributed by atoms with E-state index in [0.29, 0.717) is 12.3 Å². The van der Waals surface area contributed by atoms with E-state index >= 15 is 0 Å². The summed E-state index contributed by atoms with van der Waals surface area (Å²) < 4.78 is 47.2. The Morgan fingerprint density at radius 1 is 1.03 bits per heavy atom.